The quantitative estimate of drug-likeness (QED) is 0.800. The van der Waals surface area contributed by atoms with Gasteiger partial charge in [0.1, 0.15) is 10.0 Å². The normalized spacial score (nSPS) is 10.6. The summed E-state index contributed by atoms with van der Waals surface area (Å²) in [6.45, 7) is 0.502. The number of nitrogens with zero attached hydrogens (tertiary/aromatic N) is 4. The van der Waals surface area contributed by atoms with Gasteiger partial charge < -0.3 is 0 Å². The molecule has 0 N–H and O–H groups in total. The van der Waals surface area contributed by atoms with Crippen molar-refractivity contribution in [2.45, 2.75) is 6.54 Å². The van der Waals surface area contributed by atoms with Crippen LogP contribution < -0.4 is 0 Å². The third-order valence-electron chi connectivity index (χ3n) is 1.42. The second-order valence-corrected chi connectivity index (χ2v) is 4.14. The standard InChI is InChI=1S/C6H4Cl2N4S/c7-4-1-9-12(2-4)3-5-6(8)13-11-10-5/h1-2H,3H2. The molecule has 2 rings (SSSR count). The highest BCUT2D eigenvalue weighted by molar-refractivity contribution is 7.10. The summed E-state index contributed by atoms with van der Waals surface area (Å²) >= 11 is 12.7. The van der Waals surface area contributed by atoms with Gasteiger partial charge in [-0.15, -0.1) is 5.10 Å². The van der Waals surface area contributed by atoms with Crippen LogP contribution in [0.25, 0.3) is 0 Å². The van der Waals surface area contributed by atoms with Gasteiger partial charge in [0.15, 0.2) is 0 Å². The molecule has 0 aromatic carbocycles. The molecule has 0 atom stereocenters. The minimum atomic E-state index is 0.502. The zero-order valence-corrected chi connectivity index (χ0v) is 8.64. The molecular formula is C6H4Cl2N4S. The molecule has 68 valence electrons. The van der Waals surface area contributed by atoms with Gasteiger partial charge in [0, 0.05) is 17.7 Å². The zero-order chi connectivity index (χ0) is 9.26. The average Bonchev–Trinajstić information content (AvgIpc) is 2.64. The van der Waals surface area contributed by atoms with E-state index in [4.69, 9.17) is 23.2 Å². The molecule has 0 saturated carbocycles. The number of halogens is 2. The molecule has 7 heteroatoms. The van der Waals surface area contributed by atoms with Crippen molar-refractivity contribution in [3.05, 3.63) is 27.4 Å². The first-order valence-corrected chi connectivity index (χ1v) is 4.93. The fourth-order valence-corrected chi connectivity index (χ4v) is 1.64. The van der Waals surface area contributed by atoms with Crippen LogP contribution in [0, 0.1) is 0 Å². The fraction of sp³-hybridized carbons (Fsp3) is 0.167. The lowest BCUT2D eigenvalue weighted by Crippen LogP contribution is -2.00. The molecule has 0 radical (unpaired) electrons. The Hall–Kier alpha value is -0.650. The van der Waals surface area contributed by atoms with Gasteiger partial charge >= 0.3 is 0 Å². The molecule has 2 heterocycles. The summed E-state index contributed by atoms with van der Waals surface area (Å²) in [5.74, 6) is 0. The molecule has 0 saturated heterocycles. The zero-order valence-electron chi connectivity index (χ0n) is 6.31. The lowest BCUT2D eigenvalue weighted by atomic mass is 10.5. The summed E-state index contributed by atoms with van der Waals surface area (Å²) < 4.78 is 5.96. The van der Waals surface area contributed by atoms with E-state index < -0.39 is 0 Å². The molecule has 0 fully saturated rings. The lowest BCUT2D eigenvalue weighted by molar-refractivity contribution is 0.670. The molecule has 0 bridgehead atoms. The van der Waals surface area contributed by atoms with E-state index >= 15 is 0 Å². The highest BCUT2D eigenvalue weighted by atomic mass is 35.5. The molecule has 4 nitrogen and oxygen atoms in total. The maximum atomic E-state index is 5.82. The molecule has 0 unspecified atom stereocenters. The summed E-state index contributed by atoms with van der Waals surface area (Å²) in [4.78, 5) is 0. The van der Waals surface area contributed by atoms with Gasteiger partial charge in [0.25, 0.3) is 0 Å². The van der Waals surface area contributed by atoms with Gasteiger partial charge in [-0.1, -0.05) is 27.7 Å². The van der Waals surface area contributed by atoms with Gasteiger partial charge in [0.05, 0.1) is 17.8 Å². The van der Waals surface area contributed by atoms with Crippen LogP contribution in [0.1, 0.15) is 5.69 Å². The molecular weight excluding hydrogens is 231 g/mol. The monoisotopic (exact) mass is 234 g/mol. The van der Waals surface area contributed by atoms with Crippen LogP contribution in [-0.4, -0.2) is 19.4 Å². The van der Waals surface area contributed by atoms with E-state index in [-0.39, 0.29) is 0 Å². The first-order chi connectivity index (χ1) is 6.25. The van der Waals surface area contributed by atoms with Crippen LogP contribution >= 0.6 is 34.7 Å². The van der Waals surface area contributed by atoms with Crippen LogP contribution in [0.15, 0.2) is 12.4 Å². The second-order valence-electron chi connectivity index (χ2n) is 2.35. The Labute approximate surface area is 88.3 Å². The fourth-order valence-electron chi connectivity index (χ4n) is 0.870. The molecule has 2 aromatic rings. The number of hydrogen-bond acceptors (Lipinski definition) is 4. The number of hydrogen-bond donors (Lipinski definition) is 0. The predicted octanol–water partition coefficient (Wildman–Crippen LogP) is 2.09. The minimum absolute atomic E-state index is 0.502. The summed E-state index contributed by atoms with van der Waals surface area (Å²) in [5.41, 5.74) is 0.714. The SMILES string of the molecule is Clc1cnn(Cc2nnsc2Cl)c1. The Kier molecular flexibility index (Phi) is 2.48. The Morgan fingerprint density at radius 1 is 1.46 bits per heavy atom. The van der Waals surface area contributed by atoms with E-state index in [1.165, 1.54) is 0 Å². The van der Waals surface area contributed by atoms with Crippen molar-refractivity contribution in [1.82, 2.24) is 19.4 Å². The van der Waals surface area contributed by atoms with E-state index in [1.807, 2.05) is 0 Å². The van der Waals surface area contributed by atoms with Crippen molar-refractivity contribution in [3.8, 4) is 0 Å². The van der Waals surface area contributed by atoms with Crippen molar-refractivity contribution in [2.75, 3.05) is 0 Å². The Bertz CT molecular complexity index is 410. The van der Waals surface area contributed by atoms with E-state index in [0.29, 0.717) is 21.6 Å². The van der Waals surface area contributed by atoms with Gasteiger partial charge in [-0.25, -0.2) is 0 Å². The van der Waals surface area contributed by atoms with Crippen LogP contribution in [0.3, 0.4) is 0 Å². The van der Waals surface area contributed by atoms with E-state index in [9.17, 15) is 0 Å². The molecule has 13 heavy (non-hydrogen) atoms. The largest absolute Gasteiger partial charge is 0.265 e. The first-order valence-electron chi connectivity index (χ1n) is 3.40. The smallest absolute Gasteiger partial charge is 0.139 e. The topological polar surface area (TPSA) is 43.6 Å². The highest BCUT2D eigenvalue weighted by Gasteiger charge is 2.06. The van der Waals surface area contributed by atoms with Gasteiger partial charge in [-0.3, -0.25) is 4.68 Å². The van der Waals surface area contributed by atoms with Crippen LogP contribution in [0.2, 0.25) is 9.36 Å². The maximum absolute atomic E-state index is 5.82. The maximum Gasteiger partial charge on any atom is 0.139 e. The summed E-state index contributed by atoms with van der Waals surface area (Å²) in [6, 6.07) is 0. The molecule has 0 aliphatic heterocycles. The summed E-state index contributed by atoms with van der Waals surface area (Å²) in [5, 5.41) is 8.44. The molecule has 0 aliphatic rings. The van der Waals surface area contributed by atoms with Crippen molar-refractivity contribution in [1.29, 1.82) is 0 Å². The van der Waals surface area contributed by atoms with Crippen molar-refractivity contribution in [2.24, 2.45) is 0 Å². The van der Waals surface area contributed by atoms with Crippen LogP contribution in [-0.2, 0) is 6.54 Å². The first kappa shape index (κ1) is 8.93. The van der Waals surface area contributed by atoms with Crippen LogP contribution in [0.5, 0.6) is 0 Å². The van der Waals surface area contributed by atoms with Crippen LogP contribution in [0.4, 0.5) is 0 Å². The van der Waals surface area contributed by atoms with E-state index in [1.54, 1.807) is 17.1 Å². The molecule has 2 aromatic heterocycles. The average molecular weight is 235 g/mol. The lowest BCUT2D eigenvalue weighted by Gasteiger charge is -1.95. The van der Waals surface area contributed by atoms with E-state index in [0.717, 1.165) is 11.5 Å². The molecule has 0 aliphatic carbocycles. The number of aromatic nitrogens is 4. The van der Waals surface area contributed by atoms with Gasteiger partial charge in [-0.05, 0) is 0 Å². The predicted molar refractivity (Wildman–Crippen MR) is 51.3 cm³/mol. The Morgan fingerprint density at radius 2 is 2.31 bits per heavy atom. The Balaban J connectivity index is 2.19. The molecule has 0 amide bonds. The third kappa shape index (κ3) is 1.99. The summed E-state index contributed by atoms with van der Waals surface area (Å²) in [7, 11) is 0. The van der Waals surface area contributed by atoms with Gasteiger partial charge in [0.2, 0.25) is 0 Å². The van der Waals surface area contributed by atoms with E-state index in [2.05, 4.69) is 14.7 Å². The number of rotatable bonds is 2. The highest BCUT2D eigenvalue weighted by Crippen LogP contribution is 2.18. The summed E-state index contributed by atoms with van der Waals surface area (Å²) in [6.07, 6.45) is 3.27. The van der Waals surface area contributed by atoms with Gasteiger partial charge in [-0.2, -0.15) is 5.10 Å². The van der Waals surface area contributed by atoms with Crippen molar-refractivity contribution in [3.63, 3.8) is 0 Å². The Morgan fingerprint density at radius 3 is 2.85 bits per heavy atom. The third-order valence-corrected chi connectivity index (χ3v) is 2.60. The second kappa shape index (κ2) is 3.61. The van der Waals surface area contributed by atoms with Crippen molar-refractivity contribution < 1.29 is 0 Å². The van der Waals surface area contributed by atoms with Crippen molar-refractivity contribution >= 4 is 34.7 Å². The molecule has 0 spiro atoms. The minimum Gasteiger partial charge on any atom is -0.265 e.